The van der Waals surface area contributed by atoms with Gasteiger partial charge in [0.25, 0.3) is 0 Å². The smallest absolute Gasteiger partial charge is 0.161 e. The fourth-order valence-corrected chi connectivity index (χ4v) is 6.95. The van der Waals surface area contributed by atoms with Crippen molar-refractivity contribution in [2.45, 2.75) is 109 Å². The van der Waals surface area contributed by atoms with E-state index in [2.05, 4.69) is 47.0 Å². The van der Waals surface area contributed by atoms with Gasteiger partial charge in [0.1, 0.15) is 18.1 Å². The average Bonchev–Trinajstić information content (AvgIpc) is 3.83. The van der Waals surface area contributed by atoms with E-state index in [4.69, 9.17) is 9.15 Å². The number of hydrogen-bond acceptors (Lipinski definition) is 8. The van der Waals surface area contributed by atoms with E-state index in [0.29, 0.717) is 37.2 Å². The van der Waals surface area contributed by atoms with Gasteiger partial charge in [-0.05, 0) is 87.5 Å². The van der Waals surface area contributed by atoms with E-state index in [1.54, 1.807) is 6.07 Å². The minimum atomic E-state index is -0.400. The Balaban J connectivity index is 1.45. The molecule has 0 radical (unpaired) electrons. The standard InChI is InChI=1S/C37H58N4O5/c1-5-7-12-35-29(23-42)18-30(46-35)15-13-26-14-16-34(44)36(17-26)45-24-33(39-6-2)31-19-28(21-41-31)37(27-10-8-9-11-27)32(22-38-4)40-20-25(3)43/h14,16-19,21,25,27,32-33,37-44H,5-13,15,20,22-24H2,1-4H3. The molecule has 4 unspecified atom stereocenters. The van der Waals surface area contributed by atoms with Crippen molar-refractivity contribution in [2.24, 2.45) is 5.92 Å². The van der Waals surface area contributed by atoms with Crippen molar-refractivity contribution in [1.29, 1.82) is 0 Å². The molecule has 4 rings (SSSR count). The summed E-state index contributed by atoms with van der Waals surface area (Å²) in [5, 5.41) is 41.0. The molecule has 9 heteroatoms. The van der Waals surface area contributed by atoms with Crippen LogP contribution in [0.3, 0.4) is 0 Å². The topological polar surface area (TPSA) is 135 Å². The van der Waals surface area contributed by atoms with E-state index in [1.807, 2.05) is 32.2 Å². The van der Waals surface area contributed by atoms with Gasteiger partial charge in [-0.1, -0.05) is 39.2 Å². The summed E-state index contributed by atoms with van der Waals surface area (Å²) in [5.74, 6) is 3.26. The molecule has 0 amide bonds. The second kappa shape index (κ2) is 18.5. The molecule has 9 nitrogen and oxygen atoms in total. The second-order valence-electron chi connectivity index (χ2n) is 13.0. The van der Waals surface area contributed by atoms with Gasteiger partial charge in [0, 0.05) is 55.3 Å². The van der Waals surface area contributed by atoms with Gasteiger partial charge in [-0.3, -0.25) is 0 Å². The van der Waals surface area contributed by atoms with Crippen LogP contribution < -0.4 is 20.7 Å². The van der Waals surface area contributed by atoms with Gasteiger partial charge in [0.05, 0.1) is 18.8 Å². The zero-order valence-corrected chi connectivity index (χ0v) is 28.4. The normalized spacial score (nSPS) is 16.5. The van der Waals surface area contributed by atoms with E-state index >= 15 is 0 Å². The monoisotopic (exact) mass is 638 g/mol. The summed E-state index contributed by atoms with van der Waals surface area (Å²) in [6.45, 7) is 8.58. The van der Waals surface area contributed by atoms with E-state index < -0.39 is 6.10 Å². The maximum atomic E-state index is 10.7. The molecule has 0 aliphatic heterocycles. The molecule has 1 aliphatic rings. The first-order chi connectivity index (χ1) is 22.4. The average molecular weight is 639 g/mol. The summed E-state index contributed by atoms with van der Waals surface area (Å²) >= 11 is 0. The molecule has 1 fully saturated rings. The van der Waals surface area contributed by atoms with Crippen molar-refractivity contribution in [3.63, 3.8) is 0 Å². The van der Waals surface area contributed by atoms with Crippen LogP contribution in [0, 0.1) is 5.92 Å². The lowest BCUT2D eigenvalue weighted by Crippen LogP contribution is -2.46. The van der Waals surface area contributed by atoms with E-state index in [0.717, 1.165) is 67.1 Å². The Morgan fingerprint density at radius 3 is 2.54 bits per heavy atom. The van der Waals surface area contributed by atoms with E-state index in [-0.39, 0.29) is 24.4 Å². The van der Waals surface area contributed by atoms with Crippen LogP contribution in [0.2, 0.25) is 0 Å². The Morgan fingerprint density at radius 2 is 1.85 bits per heavy atom. The number of aliphatic hydroxyl groups is 2. The number of ether oxygens (including phenoxy) is 1. The predicted molar refractivity (Wildman–Crippen MR) is 184 cm³/mol. The first-order valence-electron chi connectivity index (χ1n) is 17.5. The third-order valence-corrected chi connectivity index (χ3v) is 9.34. The molecule has 7 N–H and O–H groups in total. The minimum Gasteiger partial charge on any atom is -0.504 e. The number of likely N-dealkylation sites (N-methyl/N-ethyl adjacent to an activating group) is 2. The Hall–Kier alpha value is -2.82. The highest BCUT2D eigenvalue weighted by Crippen LogP contribution is 2.40. The van der Waals surface area contributed by atoms with Crippen molar-refractivity contribution in [3.8, 4) is 11.5 Å². The molecule has 46 heavy (non-hydrogen) atoms. The fourth-order valence-electron chi connectivity index (χ4n) is 6.95. The summed E-state index contributed by atoms with van der Waals surface area (Å²) in [5.41, 5.74) is 4.27. The van der Waals surface area contributed by atoms with Crippen molar-refractivity contribution in [2.75, 3.05) is 33.3 Å². The Bertz CT molecular complexity index is 1300. The van der Waals surface area contributed by atoms with Gasteiger partial charge >= 0.3 is 0 Å². The molecule has 0 bridgehead atoms. The van der Waals surface area contributed by atoms with Crippen LogP contribution in [0.4, 0.5) is 0 Å². The van der Waals surface area contributed by atoms with Crippen LogP contribution >= 0.6 is 0 Å². The number of furan rings is 1. The molecule has 2 heterocycles. The second-order valence-corrected chi connectivity index (χ2v) is 13.0. The summed E-state index contributed by atoms with van der Waals surface area (Å²) in [4.78, 5) is 3.55. The number of rotatable bonds is 21. The quantitative estimate of drug-likeness (QED) is 0.0814. The lowest BCUT2D eigenvalue weighted by Gasteiger charge is -2.33. The lowest BCUT2D eigenvalue weighted by molar-refractivity contribution is 0.179. The Labute approximate surface area is 275 Å². The van der Waals surface area contributed by atoms with E-state index in [1.165, 1.54) is 31.2 Å². The minimum absolute atomic E-state index is 0.00728. The number of aryl methyl sites for hydroxylation is 3. The predicted octanol–water partition coefficient (Wildman–Crippen LogP) is 5.50. The number of aromatic hydroxyl groups is 1. The number of aromatic amines is 1. The number of hydrogen-bond donors (Lipinski definition) is 7. The number of phenols is 1. The number of benzene rings is 1. The van der Waals surface area contributed by atoms with Crippen LogP contribution in [0.5, 0.6) is 11.5 Å². The van der Waals surface area contributed by atoms with Crippen LogP contribution in [0.25, 0.3) is 0 Å². The molecule has 3 aromatic rings. The van der Waals surface area contributed by atoms with Crippen molar-refractivity contribution >= 4 is 0 Å². The number of H-pyrrole nitrogens is 1. The van der Waals surface area contributed by atoms with Gasteiger partial charge in [-0.2, -0.15) is 0 Å². The van der Waals surface area contributed by atoms with Crippen molar-refractivity contribution < 1.29 is 24.5 Å². The maximum Gasteiger partial charge on any atom is 0.161 e. The van der Waals surface area contributed by atoms with Crippen LogP contribution in [0.15, 0.2) is 40.9 Å². The van der Waals surface area contributed by atoms with Gasteiger partial charge in [0.15, 0.2) is 11.5 Å². The first-order valence-corrected chi connectivity index (χ1v) is 17.5. The lowest BCUT2D eigenvalue weighted by atomic mass is 9.80. The van der Waals surface area contributed by atoms with Crippen molar-refractivity contribution in [3.05, 3.63) is 70.4 Å². The van der Waals surface area contributed by atoms with Crippen LogP contribution in [-0.4, -0.2) is 65.7 Å². The summed E-state index contributed by atoms with van der Waals surface area (Å²) in [6, 6.07) is 9.91. The highest BCUT2D eigenvalue weighted by molar-refractivity contribution is 5.42. The fraction of sp³-hybridized carbons (Fsp3) is 0.622. The summed E-state index contributed by atoms with van der Waals surface area (Å²) in [6.07, 6.45) is 11.1. The van der Waals surface area contributed by atoms with Gasteiger partial charge < -0.3 is 45.4 Å². The molecule has 1 aliphatic carbocycles. The number of aliphatic hydroxyl groups excluding tert-OH is 2. The van der Waals surface area contributed by atoms with Gasteiger partial charge in [-0.15, -0.1) is 0 Å². The molecule has 0 spiro atoms. The first kappa shape index (κ1) is 36.0. The molecule has 1 saturated carbocycles. The number of phenolic OH excluding ortho intramolecular Hbond substituents is 1. The molecular weight excluding hydrogens is 580 g/mol. The molecule has 256 valence electrons. The largest absolute Gasteiger partial charge is 0.504 e. The third kappa shape index (κ3) is 10.1. The number of aromatic nitrogens is 1. The molecule has 1 aromatic carbocycles. The number of unbranched alkanes of at least 4 members (excludes halogenated alkanes) is 1. The molecule has 2 aromatic heterocycles. The number of nitrogens with one attached hydrogen (secondary N) is 4. The summed E-state index contributed by atoms with van der Waals surface area (Å²) < 4.78 is 12.3. The zero-order valence-electron chi connectivity index (χ0n) is 28.4. The molecule has 4 atom stereocenters. The highest BCUT2D eigenvalue weighted by atomic mass is 16.5. The Morgan fingerprint density at radius 1 is 1.04 bits per heavy atom. The maximum absolute atomic E-state index is 10.7. The van der Waals surface area contributed by atoms with E-state index in [9.17, 15) is 15.3 Å². The molecule has 0 saturated heterocycles. The molecular formula is C37H58N4O5. The SMILES string of the molecule is CCCCc1oc(CCc2ccc(O)c(OCC(NCC)c3cc(C(C4CCCC4)C(CNC)NCC(C)O)c[nH]3)c2)cc1CO. The van der Waals surface area contributed by atoms with Gasteiger partial charge in [0.2, 0.25) is 0 Å². The van der Waals surface area contributed by atoms with Crippen LogP contribution in [-0.2, 0) is 25.9 Å². The highest BCUT2D eigenvalue weighted by Gasteiger charge is 2.33. The van der Waals surface area contributed by atoms with Crippen molar-refractivity contribution in [1.82, 2.24) is 20.9 Å². The zero-order chi connectivity index (χ0) is 32.9. The van der Waals surface area contributed by atoms with Gasteiger partial charge in [-0.25, -0.2) is 0 Å². The third-order valence-electron chi connectivity index (χ3n) is 9.34. The Kier molecular flexibility index (Phi) is 14.5. The summed E-state index contributed by atoms with van der Waals surface area (Å²) in [7, 11) is 1.99. The van der Waals surface area contributed by atoms with Crippen LogP contribution in [0.1, 0.15) is 105 Å².